The maximum Gasteiger partial charge on any atom is 0.255 e. The van der Waals surface area contributed by atoms with Crippen LogP contribution >= 0.6 is 0 Å². The van der Waals surface area contributed by atoms with Gasteiger partial charge in [-0.05, 0) is 36.3 Å². The minimum Gasteiger partial charge on any atom is -0.325 e. The van der Waals surface area contributed by atoms with Gasteiger partial charge in [0.15, 0.2) is 0 Å². The van der Waals surface area contributed by atoms with Crippen molar-refractivity contribution in [3.05, 3.63) is 34.9 Å². The summed E-state index contributed by atoms with van der Waals surface area (Å²) in [5.41, 5.74) is 9.09. The molecule has 3 amide bonds. The number of fused-ring (bicyclic) bond motifs is 2. The van der Waals surface area contributed by atoms with Crippen LogP contribution < -0.4 is 11.1 Å². The lowest BCUT2D eigenvalue weighted by Gasteiger charge is -2.30. The number of benzene rings is 1. The lowest BCUT2D eigenvalue weighted by atomic mass is 10.0. The molecule has 3 fully saturated rings. The van der Waals surface area contributed by atoms with Crippen LogP contribution in [0.3, 0.4) is 0 Å². The number of likely N-dealkylation sites (tertiary alicyclic amines) is 1. The first kappa shape index (κ1) is 16.9. The molecule has 3 atom stereocenters. The van der Waals surface area contributed by atoms with E-state index in [-0.39, 0.29) is 29.7 Å². The van der Waals surface area contributed by atoms with Crippen LogP contribution in [0.25, 0.3) is 0 Å². The van der Waals surface area contributed by atoms with Gasteiger partial charge in [-0.25, -0.2) is 0 Å². The molecule has 3 aliphatic heterocycles. The van der Waals surface area contributed by atoms with Crippen LogP contribution in [0.2, 0.25) is 0 Å². The average molecular weight is 368 g/mol. The lowest BCUT2D eigenvalue weighted by Crippen LogP contribution is -2.52. The van der Waals surface area contributed by atoms with Gasteiger partial charge in [-0.2, -0.15) is 0 Å². The summed E-state index contributed by atoms with van der Waals surface area (Å²) < 4.78 is 0. The van der Waals surface area contributed by atoms with Gasteiger partial charge in [0, 0.05) is 43.7 Å². The highest BCUT2D eigenvalue weighted by atomic mass is 16.2. The van der Waals surface area contributed by atoms with Gasteiger partial charge in [0.25, 0.3) is 5.91 Å². The molecule has 4 aliphatic rings. The Hall–Kier alpha value is -2.25. The maximum atomic E-state index is 13.1. The molecule has 0 spiro atoms. The van der Waals surface area contributed by atoms with Crippen molar-refractivity contribution in [2.75, 3.05) is 13.1 Å². The molecule has 27 heavy (non-hydrogen) atoms. The molecule has 142 valence electrons. The molecule has 1 saturated carbocycles. The molecule has 7 nitrogen and oxygen atoms in total. The number of piperidine rings is 2. The van der Waals surface area contributed by atoms with E-state index in [4.69, 9.17) is 5.73 Å². The molecular weight excluding hydrogens is 344 g/mol. The second-order valence-electron chi connectivity index (χ2n) is 8.47. The standard InChI is InChI=1S/C20H24N4O3/c21-20-6-7-23(11-14(20)8-20)9-12-2-1-3-13-10-24(19(27)17(12)13)15-4-5-16(25)22-18(15)26/h1-3,14-15H,4-11,21H2,(H,22,25,26). The van der Waals surface area contributed by atoms with E-state index in [0.717, 1.165) is 49.2 Å². The molecule has 7 heteroatoms. The number of hydrogen-bond acceptors (Lipinski definition) is 5. The predicted molar refractivity (Wildman–Crippen MR) is 97.4 cm³/mol. The lowest BCUT2D eigenvalue weighted by molar-refractivity contribution is -0.136. The number of hydrogen-bond donors (Lipinski definition) is 2. The Kier molecular flexibility index (Phi) is 3.67. The van der Waals surface area contributed by atoms with Gasteiger partial charge in [-0.1, -0.05) is 18.2 Å². The van der Waals surface area contributed by atoms with E-state index in [2.05, 4.69) is 10.2 Å². The average Bonchev–Trinajstić information content (AvgIpc) is 3.19. The summed E-state index contributed by atoms with van der Waals surface area (Å²) in [6, 6.07) is 5.41. The molecule has 0 aromatic heterocycles. The molecule has 0 bridgehead atoms. The topological polar surface area (TPSA) is 95.7 Å². The van der Waals surface area contributed by atoms with E-state index in [9.17, 15) is 14.4 Å². The molecule has 2 saturated heterocycles. The van der Waals surface area contributed by atoms with Crippen LogP contribution in [-0.2, 0) is 22.7 Å². The zero-order valence-electron chi connectivity index (χ0n) is 15.2. The van der Waals surface area contributed by atoms with Crippen molar-refractivity contribution >= 4 is 17.7 Å². The first-order valence-corrected chi connectivity index (χ1v) is 9.71. The Balaban J connectivity index is 1.35. The molecular formula is C20H24N4O3. The third kappa shape index (κ3) is 2.76. The summed E-state index contributed by atoms with van der Waals surface area (Å²) in [7, 11) is 0. The van der Waals surface area contributed by atoms with E-state index in [0.29, 0.717) is 18.9 Å². The first-order chi connectivity index (χ1) is 12.9. The second-order valence-corrected chi connectivity index (χ2v) is 8.47. The third-order valence-electron chi connectivity index (χ3n) is 6.68. The summed E-state index contributed by atoms with van der Waals surface area (Å²) in [6.07, 6.45) is 2.80. The van der Waals surface area contributed by atoms with Crippen molar-refractivity contribution in [2.24, 2.45) is 11.7 Å². The SMILES string of the molecule is NC12CCN(Cc3cccc4c3C(=O)N(C3CCC(=O)NC3=O)C4)CC1C2. The van der Waals surface area contributed by atoms with Gasteiger partial charge in [-0.3, -0.25) is 24.6 Å². The first-order valence-electron chi connectivity index (χ1n) is 9.71. The van der Waals surface area contributed by atoms with Crippen molar-refractivity contribution in [1.82, 2.24) is 15.1 Å². The van der Waals surface area contributed by atoms with Gasteiger partial charge in [-0.15, -0.1) is 0 Å². The Labute approximate surface area is 157 Å². The number of carbonyl (C=O) groups excluding carboxylic acids is 3. The summed E-state index contributed by atoms with van der Waals surface area (Å²) in [6.45, 7) is 3.13. The fraction of sp³-hybridized carbons (Fsp3) is 0.550. The summed E-state index contributed by atoms with van der Waals surface area (Å²) in [4.78, 5) is 40.8. The van der Waals surface area contributed by atoms with Gasteiger partial charge in [0.05, 0.1) is 0 Å². The van der Waals surface area contributed by atoms with E-state index in [1.54, 1.807) is 4.90 Å². The second kappa shape index (κ2) is 5.87. The third-order valence-corrected chi connectivity index (χ3v) is 6.68. The van der Waals surface area contributed by atoms with Crippen LogP contribution in [-0.4, -0.2) is 52.2 Å². The van der Waals surface area contributed by atoms with Crippen LogP contribution in [0.4, 0.5) is 0 Å². The molecule has 5 rings (SSSR count). The molecule has 3 N–H and O–H groups in total. The quantitative estimate of drug-likeness (QED) is 0.752. The van der Waals surface area contributed by atoms with Crippen molar-refractivity contribution in [3.63, 3.8) is 0 Å². The Morgan fingerprint density at radius 3 is 2.89 bits per heavy atom. The van der Waals surface area contributed by atoms with E-state index in [1.165, 1.54) is 0 Å². The number of nitrogens with zero attached hydrogens (tertiary/aromatic N) is 2. The molecule has 1 aliphatic carbocycles. The summed E-state index contributed by atoms with van der Waals surface area (Å²) >= 11 is 0. The number of nitrogens with two attached hydrogens (primary N) is 1. The van der Waals surface area contributed by atoms with Crippen molar-refractivity contribution in [2.45, 2.75) is 50.4 Å². The Bertz CT molecular complexity index is 854. The molecule has 0 radical (unpaired) electrons. The van der Waals surface area contributed by atoms with Crippen LogP contribution in [0, 0.1) is 5.92 Å². The smallest absolute Gasteiger partial charge is 0.255 e. The predicted octanol–water partition coefficient (Wildman–Crippen LogP) is 0.371. The normalized spacial score (nSPS) is 32.9. The van der Waals surface area contributed by atoms with Gasteiger partial charge in [0.2, 0.25) is 11.8 Å². The number of rotatable bonds is 3. The van der Waals surface area contributed by atoms with E-state index >= 15 is 0 Å². The van der Waals surface area contributed by atoms with E-state index < -0.39 is 6.04 Å². The molecule has 1 aromatic rings. The molecule has 3 heterocycles. The van der Waals surface area contributed by atoms with Crippen LogP contribution in [0.1, 0.15) is 47.2 Å². The maximum absolute atomic E-state index is 13.1. The monoisotopic (exact) mass is 368 g/mol. The Morgan fingerprint density at radius 2 is 2.11 bits per heavy atom. The van der Waals surface area contributed by atoms with Gasteiger partial charge >= 0.3 is 0 Å². The van der Waals surface area contributed by atoms with Crippen molar-refractivity contribution in [3.8, 4) is 0 Å². The number of carbonyl (C=O) groups is 3. The highest BCUT2D eigenvalue weighted by molar-refractivity contribution is 6.05. The molecule has 3 unspecified atom stereocenters. The zero-order valence-corrected chi connectivity index (χ0v) is 15.2. The van der Waals surface area contributed by atoms with Crippen molar-refractivity contribution in [1.29, 1.82) is 0 Å². The minimum atomic E-state index is -0.560. The number of nitrogens with one attached hydrogen (secondary N) is 1. The van der Waals surface area contributed by atoms with Crippen LogP contribution in [0.15, 0.2) is 18.2 Å². The largest absolute Gasteiger partial charge is 0.325 e. The number of amides is 3. The highest BCUT2D eigenvalue weighted by Crippen LogP contribution is 2.47. The number of imide groups is 1. The van der Waals surface area contributed by atoms with E-state index in [1.807, 2.05) is 18.2 Å². The van der Waals surface area contributed by atoms with Gasteiger partial charge < -0.3 is 10.6 Å². The summed E-state index contributed by atoms with van der Waals surface area (Å²) in [5, 5.41) is 2.36. The fourth-order valence-electron chi connectivity index (χ4n) is 4.93. The van der Waals surface area contributed by atoms with Crippen LogP contribution in [0.5, 0.6) is 0 Å². The van der Waals surface area contributed by atoms with Gasteiger partial charge in [0.1, 0.15) is 6.04 Å². The van der Waals surface area contributed by atoms with Crippen molar-refractivity contribution < 1.29 is 14.4 Å². The fourth-order valence-corrected chi connectivity index (χ4v) is 4.93. The minimum absolute atomic E-state index is 0.0630. The zero-order chi connectivity index (χ0) is 18.8. The summed E-state index contributed by atoms with van der Waals surface area (Å²) in [5.74, 6) is -0.134. The molecule has 1 aromatic carbocycles. The highest BCUT2D eigenvalue weighted by Gasteiger charge is 2.53. The Morgan fingerprint density at radius 1 is 1.26 bits per heavy atom.